The molecule has 112 valence electrons. The summed E-state index contributed by atoms with van der Waals surface area (Å²) in [6.07, 6.45) is 3.55. The Kier molecular flexibility index (Phi) is 3.81. The Bertz CT molecular complexity index is 655. The highest BCUT2D eigenvalue weighted by Gasteiger charge is 2.22. The third kappa shape index (κ3) is 3.01. The van der Waals surface area contributed by atoms with Crippen LogP contribution in [0, 0.1) is 13.8 Å². The molecule has 0 saturated heterocycles. The van der Waals surface area contributed by atoms with E-state index in [1.54, 1.807) is 0 Å². The minimum atomic E-state index is -0.250. The van der Waals surface area contributed by atoms with Crippen molar-refractivity contribution in [3.63, 3.8) is 0 Å². The molecule has 2 aromatic heterocycles. The Labute approximate surface area is 130 Å². The molecule has 0 aromatic carbocycles. The molecule has 1 amide bonds. The number of amides is 1. The summed E-state index contributed by atoms with van der Waals surface area (Å²) in [4.78, 5) is 22.3. The summed E-state index contributed by atoms with van der Waals surface area (Å²) in [5.41, 5.74) is 6.78. The Balaban J connectivity index is 1.71. The van der Waals surface area contributed by atoms with Crippen LogP contribution >= 0.6 is 22.7 Å². The summed E-state index contributed by atoms with van der Waals surface area (Å²) >= 11 is 2.75. The normalized spacial score (nSPS) is 14.8. The van der Waals surface area contributed by atoms with E-state index >= 15 is 0 Å². The van der Waals surface area contributed by atoms with Gasteiger partial charge in [0.1, 0.15) is 10.7 Å². The largest absolute Gasteiger partial charge is 0.382 e. The molecule has 0 spiro atoms. The van der Waals surface area contributed by atoms with E-state index in [2.05, 4.69) is 20.6 Å². The number of thiazole rings is 2. The molecule has 0 unspecified atom stereocenters. The highest BCUT2D eigenvalue weighted by Crippen LogP contribution is 2.30. The summed E-state index contributed by atoms with van der Waals surface area (Å²) in [6, 6.07) is 0.468. The fourth-order valence-corrected chi connectivity index (χ4v) is 3.63. The van der Waals surface area contributed by atoms with Crippen LogP contribution in [0.4, 0.5) is 16.1 Å². The number of carbonyl (C=O) groups is 1. The molecule has 0 radical (unpaired) electrons. The van der Waals surface area contributed by atoms with E-state index in [4.69, 9.17) is 5.73 Å². The SMILES string of the molecule is Cc1nc(NC(=O)c2sc(NC3CCC3)nc2N)sc1C. The second-order valence-corrected chi connectivity index (χ2v) is 7.32. The number of aromatic nitrogens is 2. The molecule has 2 aromatic rings. The van der Waals surface area contributed by atoms with Crippen molar-refractivity contribution in [2.24, 2.45) is 0 Å². The lowest BCUT2D eigenvalue weighted by Crippen LogP contribution is -2.26. The van der Waals surface area contributed by atoms with Crippen LogP contribution in [0.15, 0.2) is 0 Å². The molecule has 3 rings (SSSR count). The van der Waals surface area contributed by atoms with Crippen LogP contribution < -0.4 is 16.4 Å². The molecule has 0 atom stereocenters. The molecule has 6 nitrogen and oxygen atoms in total. The maximum absolute atomic E-state index is 12.3. The van der Waals surface area contributed by atoms with Gasteiger partial charge in [-0.3, -0.25) is 10.1 Å². The van der Waals surface area contributed by atoms with Gasteiger partial charge in [0.15, 0.2) is 10.3 Å². The van der Waals surface area contributed by atoms with Crippen LogP contribution in [-0.4, -0.2) is 21.9 Å². The first-order valence-electron chi connectivity index (χ1n) is 6.81. The van der Waals surface area contributed by atoms with E-state index in [0.29, 0.717) is 21.2 Å². The first-order valence-corrected chi connectivity index (χ1v) is 8.44. The molecular weight excluding hydrogens is 306 g/mol. The smallest absolute Gasteiger partial charge is 0.271 e. The van der Waals surface area contributed by atoms with Crippen LogP contribution in [0.1, 0.15) is 39.5 Å². The first kappa shape index (κ1) is 14.3. The van der Waals surface area contributed by atoms with Crippen molar-refractivity contribution in [1.29, 1.82) is 0 Å². The minimum Gasteiger partial charge on any atom is -0.382 e. The number of nitrogens with one attached hydrogen (secondary N) is 2. The van der Waals surface area contributed by atoms with Crippen molar-refractivity contribution < 1.29 is 4.79 Å². The number of aryl methyl sites for hydroxylation is 2. The number of anilines is 3. The highest BCUT2D eigenvalue weighted by molar-refractivity contribution is 7.18. The molecule has 1 saturated carbocycles. The Morgan fingerprint density at radius 1 is 1.24 bits per heavy atom. The van der Waals surface area contributed by atoms with Gasteiger partial charge in [-0.1, -0.05) is 11.3 Å². The Hall–Kier alpha value is -1.67. The minimum absolute atomic E-state index is 0.250. The van der Waals surface area contributed by atoms with Crippen LogP contribution in [0.3, 0.4) is 0 Å². The van der Waals surface area contributed by atoms with Crippen LogP contribution in [0.25, 0.3) is 0 Å². The number of nitrogens with zero attached hydrogens (tertiary/aromatic N) is 2. The zero-order valence-corrected chi connectivity index (χ0v) is 13.5. The fourth-order valence-electron chi connectivity index (χ4n) is 1.96. The van der Waals surface area contributed by atoms with Crippen molar-refractivity contribution in [2.75, 3.05) is 16.4 Å². The maximum atomic E-state index is 12.3. The van der Waals surface area contributed by atoms with Gasteiger partial charge in [0.25, 0.3) is 5.91 Å². The fraction of sp³-hybridized carbons (Fsp3) is 0.462. The molecule has 2 heterocycles. The Morgan fingerprint density at radius 2 is 2.00 bits per heavy atom. The lowest BCUT2D eigenvalue weighted by Gasteiger charge is -2.25. The quantitative estimate of drug-likeness (QED) is 0.804. The predicted molar refractivity (Wildman–Crippen MR) is 87.3 cm³/mol. The highest BCUT2D eigenvalue weighted by atomic mass is 32.1. The predicted octanol–water partition coefficient (Wildman–Crippen LogP) is 3.02. The number of nitrogens with two attached hydrogens (primary N) is 1. The second-order valence-electron chi connectivity index (χ2n) is 5.12. The number of rotatable bonds is 4. The molecular formula is C13H17N5OS2. The zero-order valence-electron chi connectivity index (χ0n) is 11.9. The number of hydrogen-bond acceptors (Lipinski definition) is 7. The van der Waals surface area contributed by atoms with E-state index in [9.17, 15) is 4.79 Å². The van der Waals surface area contributed by atoms with Gasteiger partial charge in [0.05, 0.1) is 5.69 Å². The van der Waals surface area contributed by atoms with Gasteiger partial charge < -0.3 is 11.1 Å². The monoisotopic (exact) mass is 323 g/mol. The van der Waals surface area contributed by atoms with Gasteiger partial charge >= 0.3 is 0 Å². The average Bonchev–Trinajstić information content (AvgIpc) is 2.88. The third-order valence-corrected chi connectivity index (χ3v) is 5.53. The first-order chi connectivity index (χ1) is 10.0. The van der Waals surface area contributed by atoms with Gasteiger partial charge in [-0.15, -0.1) is 11.3 Å². The van der Waals surface area contributed by atoms with Gasteiger partial charge in [0, 0.05) is 10.9 Å². The number of hydrogen-bond donors (Lipinski definition) is 3. The second kappa shape index (κ2) is 5.61. The van der Waals surface area contributed by atoms with E-state index in [-0.39, 0.29) is 11.7 Å². The van der Waals surface area contributed by atoms with Crippen molar-refractivity contribution in [2.45, 2.75) is 39.2 Å². The summed E-state index contributed by atoms with van der Waals surface area (Å²) in [6.45, 7) is 3.90. The van der Waals surface area contributed by atoms with Crippen molar-refractivity contribution in [1.82, 2.24) is 9.97 Å². The standard InChI is InChI=1S/C13H17N5OS2/c1-6-7(2)20-12(15-6)18-11(19)9-10(14)17-13(21-9)16-8-4-3-5-8/h8H,3-5,14H2,1-2H3,(H,16,17)(H,15,18,19). The zero-order chi connectivity index (χ0) is 15.0. The average molecular weight is 323 g/mol. The van der Waals surface area contributed by atoms with E-state index in [1.807, 2.05) is 13.8 Å². The van der Waals surface area contributed by atoms with E-state index < -0.39 is 0 Å². The third-order valence-electron chi connectivity index (χ3n) is 3.54. The number of nitrogen functional groups attached to an aromatic ring is 1. The Morgan fingerprint density at radius 3 is 2.57 bits per heavy atom. The summed E-state index contributed by atoms with van der Waals surface area (Å²) in [5.74, 6) is 0.0183. The van der Waals surface area contributed by atoms with E-state index in [0.717, 1.165) is 23.4 Å². The van der Waals surface area contributed by atoms with Gasteiger partial charge in [0.2, 0.25) is 0 Å². The van der Waals surface area contributed by atoms with Gasteiger partial charge in [-0.05, 0) is 33.1 Å². The van der Waals surface area contributed by atoms with Gasteiger partial charge in [-0.2, -0.15) is 0 Å². The molecule has 4 N–H and O–H groups in total. The van der Waals surface area contributed by atoms with Gasteiger partial charge in [-0.25, -0.2) is 9.97 Å². The topological polar surface area (TPSA) is 92.9 Å². The summed E-state index contributed by atoms with van der Waals surface area (Å²) < 4.78 is 0. The number of carbonyl (C=O) groups excluding carboxylic acids is 1. The van der Waals surface area contributed by atoms with Crippen molar-refractivity contribution in [3.8, 4) is 0 Å². The lowest BCUT2D eigenvalue weighted by molar-refractivity contribution is 0.103. The summed E-state index contributed by atoms with van der Waals surface area (Å²) in [5, 5.41) is 7.40. The molecule has 0 bridgehead atoms. The lowest BCUT2D eigenvalue weighted by atomic mass is 9.93. The molecule has 0 aliphatic heterocycles. The molecule has 21 heavy (non-hydrogen) atoms. The van der Waals surface area contributed by atoms with Crippen molar-refractivity contribution >= 4 is 44.7 Å². The molecule has 1 aliphatic carbocycles. The van der Waals surface area contributed by atoms with Crippen LogP contribution in [0.2, 0.25) is 0 Å². The molecule has 8 heteroatoms. The van der Waals surface area contributed by atoms with Crippen LogP contribution in [-0.2, 0) is 0 Å². The molecule has 1 fully saturated rings. The van der Waals surface area contributed by atoms with E-state index in [1.165, 1.54) is 29.1 Å². The maximum Gasteiger partial charge on any atom is 0.271 e. The van der Waals surface area contributed by atoms with Crippen molar-refractivity contribution in [3.05, 3.63) is 15.4 Å². The molecule has 1 aliphatic rings. The van der Waals surface area contributed by atoms with Crippen LogP contribution in [0.5, 0.6) is 0 Å². The summed E-state index contributed by atoms with van der Waals surface area (Å²) in [7, 11) is 0.